The molecule has 0 aromatic heterocycles. The zero-order valence-corrected chi connectivity index (χ0v) is 15.4. The van der Waals surface area contributed by atoms with E-state index >= 15 is 0 Å². The van der Waals surface area contributed by atoms with E-state index in [1.165, 1.54) is 51.4 Å². The second-order valence-electron chi connectivity index (χ2n) is 7.71. The van der Waals surface area contributed by atoms with Crippen LogP contribution in [0.2, 0.25) is 0 Å². The molecule has 132 valence electrons. The van der Waals surface area contributed by atoms with Gasteiger partial charge in [-0.3, -0.25) is 4.79 Å². The summed E-state index contributed by atoms with van der Waals surface area (Å²) >= 11 is 0. The van der Waals surface area contributed by atoms with Gasteiger partial charge in [-0.2, -0.15) is 0 Å². The lowest BCUT2D eigenvalue weighted by molar-refractivity contribution is -0.132. The van der Waals surface area contributed by atoms with Crippen molar-refractivity contribution in [2.24, 2.45) is 17.8 Å². The first kappa shape index (κ1) is 18.5. The minimum atomic E-state index is 0.384. The third-order valence-electron chi connectivity index (χ3n) is 5.39. The molecule has 0 aromatic rings. The normalized spacial score (nSPS) is 23.4. The summed E-state index contributed by atoms with van der Waals surface area (Å²) in [6.07, 6.45) is 18.6. The maximum absolute atomic E-state index is 12.4. The third kappa shape index (κ3) is 7.10. The number of rotatable bonds is 13. The van der Waals surface area contributed by atoms with E-state index < -0.39 is 0 Å². The predicted octanol–water partition coefficient (Wildman–Crippen LogP) is 5.58. The summed E-state index contributed by atoms with van der Waals surface area (Å²) in [5.41, 5.74) is 0. The summed E-state index contributed by atoms with van der Waals surface area (Å²) in [6, 6.07) is 0. The Balaban J connectivity index is 1.59. The second-order valence-corrected chi connectivity index (χ2v) is 7.71. The Kier molecular flexibility index (Phi) is 8.19. The van der Waals surface area contributed by atoms with Crippen LogP contribution in [-0.4, -0.2) is 23.9 Å². The van der Waals surface area contributed by atoms with Crippen LogP contribution in [0.4, 0.5) is 0 Å². The number of carbonyl (C=O) groups is 1. The molecule has 2 nitrogen and oxygen atoms in total. The summed E-state index contributed by atoms with van der Waals surface area (Å²) in [7, 11) is 0. The molecular formula is C21H37NO. The van der Waals surface area contributed by atoms with Crippen LogP contribution in [0.3, 0.4) is 0 Å². The molecule has 2 rings (SSSR count). The Morgan fingerprint density at radius 2 is 1.74 bits per heavy atom. The first-order valence-corrected chi connectivity index (χ1v) is 10.2. The van der Waals surface area contributed by atoms with Gasteiger partial charge in [0.25, 0.3) is 0 Å². The fraction of sp³-hybridized carbons (Fsp3) is 0.857. The molecule has 2 saturated carbocycles. The van der Waals surface area contributed by atoms with Crippen molar-refractivity contribution >= 4 is 5.91 Å². The lowest BCUT2D eigenvalue weighted by Crippen LogP contribution is -2.35. The van der Waals surface area contributed by atoms with Crippen molar-refractivity contribution in [2.45, 2.75) is 84.5 Å². The summed E-state index contributed by atoms with van der Waals surface area (Å²) in [5, 5.41) is 0. The summed E-state index contributed by atoms with van der Waals surface area (Å²) in [4.78, 5) is 14.6. The van der Waals surface area contributed by atoms with E-state index in [0.29, 0.717) is 11.8 Å². The number of hydrogen-bond donors (Lipinski definition) is 0. The topological polar surface area (TPSA) is 20.3 Å². The Labute approximate surface area is 143 Å². The van der Waals surface area contributed by atoms with Crippen molar-refractivity contribution in [2.75, 3.05) is 13.1 Å². The predicted molar refractivity (Wildman–Crippen MR) is 98.3 cm³/mol. The largest absolute Gasteiger partial charge is 0.342 e. The highest BCUT2D eigenvalue weighted by Gasteiger charge is 2.40. The SMILES string of the molecule is CCCCC/C=C\CCC1CC1CN(CCCC)C(=O)C1CC1. The summed E-state index contributed by atoms with van der Waals surface area (Å²) in [5.74, 6) is 2.52. The number of unbranched alkanes of at least 4 members (excludes halogenated alkanes) is 4. The molecule has 2 unspecified atom stereocenters. The van der Waals surface area contributed by atoms with Gasteiger partial charge in [-0.25, -0.2) is 0 Å². The Bertz CT molecular complexity index is 372. The first-order valence-electron chi connectivity index (χ1n) is 10.2. The van der Waals surface area contributed by atoms with Gasteiger partial charge in [-0.05, 0) is 63.2 Å². The van der Waals surface area contributed by atoms with Gasteiger partial charge in [0.2, 0.25) is 5.91 Å². The van der Waals surface area contributed by atoms with Gasteiger partial charge < -0.3 is 4.90 Å². The van der Waals surface area contributed by atoms with Crippen molar-refractivity contribution in [3.63, 3.8) is 0 Å². The van der Waals surface area contributed by atoms with E-state index in [9.17, 15) is 4.79 Å². The van der Waals surface area contributed by atoms with E-state index in [0.717, 1.165) is 44.2 Å². The molecule has 23 heavy (non-hydrogen) atoms. The van der Waals surface area contributed by atoms with Gasteiger partial charge in [-0.15, -0.1) is 0 Å². The molecular weight excluding hydrogens is 282 g/mol. The molecule has 2 aliphatic rings. The highest BCUT2D eigenvalue weighted by molar-refractivity contribution is 5.81. The number of amides is 1. The van der Waals surface area contributed by atoms with Crippen molar-refractivity contribution in [1.82, 2.24) is 4.90 Å². The molecule has 0 saturated heterocycles. The maximum Gasteiger partial charge on any atom is 0.225 e. The molecule has 0 spiro atoms. The molecule has 1 amide bonds. The summed E-state index contributed by atoms with van der Waals surface area (Å²) in [6.45, 7) is 6.51. The lowest BCUT2D eigenvalue weighted by Gasteiger charge is -2.22. The molecule has 0 heterocycles. The fourth-order valence-electron chi connectivity index (χ4n) is 3.46. The zero-order valence-electron chi connectivity index (χ0n) is 15.4. The lowest BCUT2D eigenvalue weighted by atomic mass is 10.1. The van der Waals surface area contributed by atoms with E-state index in [1.807, 2.05) is 0 Å². The van der Waals surface area contributed by atoms with Crippen molar-refractivity contribution in [3.8, 4) is 0 Å². The van der Waals surface area contributed by atoms with Crippen LogP contribution in [0.1, 0.15) is 84.5 Å². The van der Waals surface area contributed by atoms with Crippen molar-refractivity contribution < 1.29 is 4.79 Å². The third-order valence-corrected chi connectivity index (χ3v) is 5.39. The molecule has 2 atom stereocenters. The van der Waals surface area contributed by atoms with Crippen LogP contribution in [0.5, 0.6) is 0 Å². The fourth-order valence-corrected chi connectivity index (χ4v) is 3.46. The molecule has 2 heteroatoms. The van der Waals surface area contributed by atoms with Crippen LogP contribution >= 0.6 is 0 Å². The molecule has 0 aliphatic heterocycles. The highest BCUT2D eigenvalue weighted by Crippen LogP contribution is 2.43. The zero-order chi connectivity index (χ0) is 16.5. The minimum Gasteiger partial charge on any atom is -0.342 e. The monoisotopic (exact) mass is 319 g/mol. The van der Waals surface area contributed by atoms with E-state index in [-0.39, 0.29) is 0 Å². The van der Waals surface area contributed by atoms with Gasteiger partial charge in [0, 0.05) is 19.0 Å². The number of allylic oxidation sites excluding steroid dienone is 2. The first-order chi connectivity index (χ1) is 11.3. The average Bonchev–Trinajstić information content (AvgIpc) is 3.45. The molecule has 0 radical (unpaired) electrons. The van der Waals surface area contributed by atoms with Crippen LogP contribution in [0.25, 0.3) is 0 Å². The van der Waals surface area contributed by atoms with Gasteiger partial charge in [-0.1, -0.05) is 45.3 Å². The Morgan fingerprint density at radius 3 is 2.43 bits per heavy atom. The Hall–Kier alpha value is -0.790. The van der Waals surface area contributed by atoms with Gasteiger partial charge in [0.15, 0.2) is 0 Å². The van der Waals surface area contributed by atoms with Crippen molar-refractivity contribution in [1.29, 1.82) is 0 Å². The average molecular weight is 320 g/mol. The standard InChI is InChI=1S/C21H37NO/c1-3-5-7-8-9-10-11-12-19-16-20(19)17-22(15-6-4-2)21(23)18-13-14-18/h9-10,18-20H,3-8,11-17H2,1-2H3/b10-9-. The highest BCUT2D eigenvalue weighted by atomic mass is 16.2. The van der Waals surface area contributed by atoms with Crippen LogP contribution in [0.15, 0.2) is 12.2 Å². The van der Waals surface area contributed by atoms with Crippen LogP contribution < -0.4 is 0 Å². The van der Waals surface area contributed by atoms with E-state index in [2.05, 4.69) is 30.9 Å². The maximum atomic E-state index is 12.4. The Morgan fingerprint density at radius 1 is 1.00 bits per heavy atom. The van der Waals surface area contributed by atoms with Gasteiger partial charge >= 0.3 is 0 Å². The quantitative estimate of drug-likeness (QED) is 0.320. The van der Waals surface area contributed by atoms with E-state index in [1.54, 1.807) is 0 Å². The number of carbonyl (C=O) groups excluding carboxylic acids is 1. The molecule has 0 aromatic carbocycles. The van der Waals surface area contributed by atoms with Gasteiger partial charge in [0.1, 0.15) is 0 Å². The molecule has 2 fully saturated rings. The van der Waals surface area contributed by atoms with E-state index in [4.69, 9.17) is 0 Å². The molecule has 0 N–H and O–H groups in total. The van der Waals surface area contributed by atoms with Crippen LogP contribution in [-0.2, 0) is 4.79 Å². The summed E-state index contributed by atoms with van der Waals surface area (Å²) < 4.78 is 0. The molecule has 2 aliphatic carbocycles. The van der Waals surface area contributed by atoms with Gasteiger partial charge in [0.05, 0.1) is 0 Å². The van der Waals surface area contributed by atoms with Crippen molar-refractivity contribution in [3.05, 3.63) is 12.2 Å². The van der Waals surface area contributed by atoms with Crippen LogP contribution in [0, 0.1) is 17.8 Å². The smallest absolute Gasteiger partial charge is 0.225 e. The second kappa shape index (κ2) is 10.2. The number of hydrogen-bond acceptors (Lipinski definition) is 1. The minimum absolute atomic E-state index is 0.384. The molecule has 0 bridgehead atoms. The number of nitrogens with zero attached hydrogens (tertiary/aromatic N) is 1.